The Labute approximate surface area is 163 Å². The van der Waals surface area contributed by atoms with Gasteiger partial charge in [-0.25, -0.2) is 0 Å². The van der Waals surface area contributed by atoms with Crippen LogP contribution in [0.4, 0.5) is 0 Å². The number of nitrogens with one attached hydrogen (secondary N) is 2. The minimum atomic E-state index is -0.331. The van der Waals surface area contributed by atoms with Crippen LogP contribution < -0.4 is 10.1 Å². The summed E-state index contributed by atoms with van der Waals surface area (Å²) in [7, 11) is 1.53. The van der Waals surface area contributed by atoms with Gasteiger partial charge in [0.25, 0.3) is 5.91 Å². The standard InChI is InChI=1S/C21H24N4O3/c1-13(2)18(12-26)23-21(27)15-7-9-17-19(20(15)28-3)16(24-25-17)8-6-14-5-4-10-22-11-14/h4-11,13,18,26H,12H2,1-3H3,(H,23,27)(H,24,25)/b8-6+. The second-order valence-electron chi connectivity index (χ2n) is 6.80. The van der Waals surface area contributed by atoms with Gasteiger partial charge in [-0.1, -0.05) is 26.0 Å². The summed E-state index contributed by atoms with van der Waals surface area (Å²) in [5, 5.41) is 20.4. The molecule has 3 rings (SSSR count). The maximum atomic E-state index is 12.8. The third-order valence-electron chi connectivity index (χ3n) is 4.60. The van der Waals surface area contributed by atoms with Crippen LogP contribution >= 0.6 is 0 Å². The fourth-order valence-corrected chi connectivity index (χ4v) is 2.94. The lowest BCUT2D eigenvalue weighted by molar-refractivity contribution is 0.0894. The molecule has 28 heavy (non-hydrogen) atoms. The van der Waals surface area contributed by atoms with Gasteiger partial charge < -0.3 is 15.2 Å². The first-order chi connectivity index (χ1) is 13.5. The number of pyridine rings is 1. The van der Waals surface area contributed by atoms with E-state index in [1.807, 2.05) is 38.1 Å². The number of fused-ring (bicyclic) bond motifs is 1. The molecule has 0 saturated heterocycles. The molecule has 0 aliphatic heterocycles. The van der Waals surface area contributed by atoms with Crippen LogP contribution in [0, 0.1) is 5.92 Å². The number of hydrogen-bond donors (Lipinski definition) is 3. The van der Waals surface area contributed by atoms with Gasteiger partial charge in [0, 0.05) is 12.4 Å². The number of aliphatic hydroxyl groups is 1. The van der Waals surface area contributed by atoms with Gasteiger partial charge in [-0.3, -0.25) is 14.9 Å². The van der Waals surface area contributed by atoms with E-state index in [1.165, 1.54) is 7.11 Å². The van der Waals surface area contributed by atoms with Crippen LogP contribution in [0.15, 0.2) is 36.7 Å². The van der Waals surface area contributed by atoms with Crippen molar-refractivity contribution < 1.29 is 14.6 Å². The Kier molecular flexibility index (Phi) is 6.06. The van der Waals surface area contributed by atoms with E-state index >= 15 is 0 Å². The minimum Gasteiger partial charge on any atom is -0.495 e. The molecule has 146 valence electrons. The number of H-pyrrole nitrogens is 1. The van der Waals surface area contributed by atoms with E-state index < -0.39 is 0 Å². The SMILES string of the molecule is COc1c(C(=O)NC(CO)C(C)C)ccc2[nH]nc(/C=C/c3cccnc3)c12. The number of aromatic nitrogens is 3. The van der Waals surface area contributed by atoms with Gasteiger partial charge in [-0.15, -0.1) is 0 Å². The number of benzene rings is 1. The summed E-state index contributed by atoms with van der Waals surface area (Å²) >= 11 is 0. The third-order valence-corrected chi connectivity index (χ3v) is 4.60. The lowest BCUT2D eigenvalue weighted by Crippen LogP contribution is -2.41. The van der Waals surface area contributed by atoms with Crippen molar-refractivity contribution in [3.63, 3.8) is 0 Å². The Morgan fingerprint density at radius 1 is 1.32 bits per heavy atom. The van der Waals surface area contributed by atoms with Crippen molar-refractivity contribution in [2.24, 2.45) is 5.92 Å². The van der Waals surface area contributed by atoms with Crippen LogP contribution in [0.3, 0.4) is 0 Å². The summed E-state index contributed by atoms with van der Waals surface area (Å²) < 4.78 is 5.58. The normalized spacial score (nSPS) is 12.6. The number of methoxy groups -OCH3 is 1. The number of carbonyl (C=O) groups is 1. The number of ether oxygens (including phenoxy) is 1. The van der Waals surface area contributed by atoms with Crippen LogP contribution in [0.2, 0.25) is 0 Å². The first-order valence-electron chi connectivity index (χ1n) is 9.10. The maximum Gasteiger partial charge on any atom is 0.255 e. The third kappa shape index (κ3) is 4.04. The lowest BCUT2D eigenvalue weighted by Gasteiger charge is -2.20. The smallest absolute Gasteiger partial charge is 0.255 e. The van der Waals surface area contributed by atoms with E-state index in [0.29, 0.717) is 17.0 Å². The number of hydrogen-bond acceptors (Lipinski definition) is 5. The summed E-state index contributed by atoms with van der Waals surface area (Å²) in [5.74, 6) is 0.250. The molecular weight excluding hydrogens is 356 g/mol. The van der Waals surface area contributed by atoms with E-state index in [0.717, 1.165) is 16.5 Å². The number of aromatic amines is 1. The number of nitrogens with zero attached hydrogens (tertiary/aromatic N) is 2. The molecule has 0 aliphatic carbocycles. The highest BCUT2D eigenvalue weighted by molar-refractivity contribution is 6.05. The highest BCUT2D eigenvalue weighted by Gasteiger charge is 2.22. The zero-order valence-corrected chi connectivity index (χ0v) is 16.1. The molecule has 0 saturated carbocycles. The molecule has 1 aromatic carbocycles. The number of amides is 1. The van der Waals surface area contributed by atoms with Crippen LogP contribution in [-0.4, -0.2) is 46.0 Å². The van der Waals surface area contributed by atoms with Crippen molar-refractivity contribution in [2.45, 2.75) is 19.9 Å². The lowest BCUT2D eigenvalue weighted by atomic mass is 10.0. The number of aliphatic hydroxyl groups excluding tert-OH is 1. The molecule has 7 heteroatoms. The fraction of sp³-hybridized carbons (Fsp3) is 0.286. The molecule has 1 amide bonds. The minimum absolute atomic E-state index is 0.107. The number of carbonyl (C=O) groups excluding carboxylic acids is 1. The average Bonchev–Trinajstić information content (AvgIpc) is 3.13. The van der Waals surface area contributed by atoms with E-state index in [-0.39, 0.29) is 24.5 Å². The second kappa shape index (κ2) is 8.67. The average molecular weight is 380 g/mol. The Balaban J connectivity index is 1.99. The van der Waals surface area contributed by atoms with Gasteiger partial charge in [-0.05, 0) is 35.8 Å². The van der Waals surface area contributed by atoms with E-state index in [1.54, 1.807) is 24.5 Å². The molecule has 3 N–H and O–H groups in total. The Bertz CT molecular complexity index is 980. The largest absolute Gasteiger partial charge is 0.495 e. The zero-order valence-electron chi connectivity index (χ0n) is 16.1. The molecule has 3 aromatic rings. The molecule has 1 unspecified atom stereocenters. The molecule has 0 bridgehead atoms. The fourth-order valence-electron chi connectivity index (χ4n) is 2.94. The van der Waals surface area contributed by atoms with Crippen molar-refractivity contribution >= 4 is 29.0 Å². The van der Waals surface area contributed by atoms with Crippen LogP contribution in [-0.2, 0) is 0 Å². The molecular formula is C21H24N4O3. The molecule has 2 aromatic heterocycles. The topological polar surface area (TPSA) is 100 Å². The maximum absolute atomic E-state index is 12.8. The van der Waals surface area contributed by atoms with E-state index in [2.05, 4.69) is 20.5 Å². The zero-order chi connectivity index (χ0) is 20.1. The van der Waals surface area contributed by atoms with Gasteiger partial charge in [0.15, 0.2) is 0 Å². The first-order valence-corrected chi connectivity index (χ1v) is 9.10. The number of rotatable bonds is 7. The highest BCUT2D eigenvalue weighted by Crippen LogP contribution is 2.32. The van der Waals surface area contributed by atoms with E-state index in [9.17, 15) is 9.90 Å². The second-order valence-corrected chi connectivity index (χ2v) is 6.80. The van der Waals surface area contributed by atoms with Crippen molar-refractivity contribution in [3.05, 3.63) is 53.5 Å². The van der Waals surface area contributed by atoms with Gasteiger partial charge in [-0.2, -0.15) is 5.10 Å². The van der Waals surface area contributed by atoms with Gasteiger partial charge in [0.05, 0.1) is 41.9 Å². The summed E-state index contributed by atoms with van der Waals surface area (Å²) in [4.78, 5) is 16.9. The molecule has 0 radical (unpaired) electrons. The van der Waals surface area contributed by atoms with Crippen molar-refractivity contribution in [1.82, 2.24) is 20.5 Å². The van der Waals surface area contributed by atoms with Crippen LogP contribution in [0.25, 0.3) is 23.1 Å². The Morgan fingerprint density at radius 3 is 2.79 bits per heavy atom. The molecule has 1 atom stereocenters. The Hall–Kier alpha value is -3.19. The summed E-state index contributed by atoms with van der Waals surface area (Å²) in [6.45, 7) is 3.76. The van der Waals surface area contributed by atoms with Crippen molar-refractivity contribution in [3.8, 4) is 5.75 Å². The summed E-state index contributed by atoms with van der Waals surface area (Å²) in [6.07, 6.45) is 7.22. The molecule has 0 aliphatic rings. The Morgan fingerprint density at radius 2 is 2.14 bits per heavy atom. The molecule has 2 heterocycles. The van der Waals surface area contributed by atoms with Crippen molar-refractivity contribution in [1.29, 1.82) is 0 Å². The summed E-state index contributed by atoms with van der Waals surface area (Å²) in [6, 6.07) is 6.96. The van der Waals surface area contributed by atoms with Crippen molar-refractivity contribution in [2.75, 3.05) is 13.7 Å². The predicted molar refractivity (Wildman–Crippen MR) is 109 cm³/mol. The first kappa shape index (κ1) is 19.6. The highest BCUT2D eigenvalue weighted by atomic mass is 16.5. The van der Waals surface area contributed by atoms with Crippen LogP contribution in [0.1, 0.15) is 35.5 Å². The summed E-state index contributed by atoms with van der Waals surface area (Å²) in [5.41, 5.74) is 2.76. The quantitative estimate of drug-likeness (QED) is 0.585. The molecule has 7 nitrogen and oxygen atoms in total. The predicted octanol–water partition coefficient (Wildman–Crippen LogP) is 2.88. The monoisotopic (exact) mass is 380 g/mol. The van der Waals surface area contributed by atoms with Gasteiger partial charge >= 0.3 is 0 Å². The van der Waals surface area contributed by atoms with E-state index in [4.69, 9.17) is 4.74 Å². The van der Waals surface area contributed by atoms with Crippen LogP contribution in [0.5, 0.6) is 5.75 Å². The van der Waals surface area contributed by atoms with Gasteiger partial charge in [0.2, 0.25) is 0 Å². The van der Waals surface area contributed by atoms with Gasteiger partial charge in [0.1, 0.15) is 5.75 Å². The molecule has 0 spiro atoms. The molecule has 0 fully saturated rings.